The summed E-state index contributed by atoms with van der Waals surface area (Å²) in [5, 5.41) is 4.97. The zero-order valence-electron chi connectivity index (χ0n) is 20.7. The second-order valence-corrected chi connectivity index (χ2v) is 9.85. The molecule has 1 fully saturated rings. The number of hydrogen-bond donors (Lipinski definition) is 0. The molecule has 1 saturated carbocycles. The molecule has 38 heavy (non-hydrogen) atoms. The van der Waals surface area contributed by atoms with E-state index in [1.807, 2.05) is 4.68 Å². The van der Waals surface area contributed by atoms with Crippen molar-refractivity contribution < 1.29 is 23.1 Å². The fraction of sp³-hybridized carbons (Fsp3) is 0.357. The molecule has 0 spiro atoms. The van der Waals surface area contributed by atoms with Gasteiger partial charge in [0.25, 0.3) is 5.91 Å². The minimum atomic E-state index is -3.00. The fourth-order valence-electron chi connectivity index (χ4n) is 5.52. The number of alkyl halides is 2. The Morgan fingerprint density at radius 1 is 1.08 bits per heavy atom. The standard InChI is InChI=1S/C28H27F2N5O3/c1-2-25(36)33-13-11-21-26-22(35(32-21)20-8-5-18(6-9-20)17-3-4-17)12-14-34(23(26)16-33)27(37)19-7-10-24(31-15-19)38-28(29)30/h2,5-10,15,17,23,28H,1,3-4,11-14,16H2. The normalized spacial score (nSPS) is 18.7. The lowest BCUT2D eigenvalue weighted by atomic mass is 9.95. The molecule has 1 aromatic carbocycles. The van der Waals surface area contributed by atoms with E-state index in [9.17, 15) is 18.4 Å². The van der Waals surface area contributed by atoms with Gasteiger partial charge in [-0.25, -0.2) is 9.67 Å². The zero-order valence-corrected chi connectivity index (χ0v) is 20.7. The van der Waals surface area contributed by atoms with Gasteiger partial charge in [-0.1, -0.05) is 18.7 Å². The van der Waals surface area contributed by atoms with E-state index in [4.69, 9.17) is 5.10 Å². The molecule has 3 aromatic rings. The molecule has 0 bridgehead atoms. The van der Waals surface area contributed by atoms with E-state index < -0.39 is 12.7 Å². The van der Waals surface area contributed by atoms with Crippen molar-refractivity contribution in [1.82, 2.24) is 24.6 Å². The molecule has 10 heteroatoms. The fourth-order valence-corrected chi connectivity index (χ4v) is 5.52. The first-order chi connectivity index (χ1) is 18.4. The van der Waals surface area contributed by atoms with Crippen LogP contribution >= 0.6 is 0 Å². The van der Waals surface area contributed by atoms with Crippen molar-refractivity contribution in [1.29, 1.82) is 0 Å². The Morgan fingerprint density at radius 3 is 2.53 bits per heavy atom. The van der Waals surface area contributed by atoms with Crippen molar-refractivity contribution in [3.63, 3.8) is 0 Å². The maximum Gasteiger partial charge on any atom is 0.388 e. The highest BCUT2D eigenvalue weighted by Crippen LogP contribution is 2.41. The van der Waals surface area contributed by atoms with Crippen LogP contribution in [-0.4, -0.2) is 62.6 Å². The summed E-state index contributed by atoms with van der Waals surface area (Å²) in [6.45, 7) is 1.82. The lowest BCUT2D eigenvalue weighted by Crippen LogP contribution is -2.45. The van der Waals surface area contributed by atoms with Crippen LogP contribution in [0.5, 0.6) is 5.88 Å². The first-order valence-electron chi connectivity index (χ1n) is 12.8. The number of aromatic nitrogens is 3. The summed E-state index contributed by atoms with van der Waals surface area (Å²) in [6, 6.07) is 10.8. The van der Waals surface area contributed by atoms with Crippen LogP contribution in [0, 0.1) is 0 Å². The van der Waals surface area contributed by atoms with Gasteiger partial charge in [-0.2, -0.15) is 13.9 Å². The Balaban J connectivity index is 1.35. The predicted molar refractivity (Wildman–Crippen MR) is 134 cm³/mol. The molecule has 4 heterocycles. The van der Waals surface area contributed by atoms with E-state index in [-0.39, 0.29) is 23.3 Å². The highest BCUT2D eigenvalue weighted by molar-refractivity contribution is 5.94. The van der Waals surface area contributed by atoms with Gasteiger partial charge in [-0.05, 0) is 48.6 Å². The number of benzene rings is 1. The van der Waals surface area contributed by atoms with E-state index in [1.54, 1.807) is 9.80 Å². The van der Waals surface area contributed by atoms with Crippen LogP contribution < -0.4 is 4.74 Å². The van der Waals surface area contributed by atoms with E-state index in [2.05, 4.69) is 40.6 Å². The number of amides is 2. The number of carbonyl (C=O) groups is 2. The summed E-state index contributed by atoms with van der Waals surface area (Å²) in [5.41, 5.74) is 5.47. The number of rotatable bonds is 6. The third-order valence-corrected chi connectivity index (χ3v) is 7.54. The third-order valence-electron chi connectivity index (χ3n) is 7.54. The van der Waals surface area contributed by atoms with Gasteiger partial charge in [0, 0.05) is 50.3 Å². The number of hydrogen-bond acceptors (Lipinski definition) is 5. The Bertz CT molecular complexity index is 1380. The molecule has 3 aliphatic rings. The molecule has 6 rings (SSSR count). The summed E-state index contributed by atoms with van der Waals surface area (Å²) < 4.78 is 31.3. The summed E-state index contributed by atoms with van der Waals surface area (Å²) in [7, 11) is 0. The Morgan fingerprint density at radius 2 is 1.87 bits per heavy atom. The van der Waals surface area contributed by atoms with Crippen molar-refractivity contribution in [3.05, 3.63) is 83.3 Å². The summed E-state index contributed by atoms with van der Waals surface area (Å²) in [4.78, 5) is 33.5. The van der Waals surface area contributed by atoms with Crippen LogP contribution in [0.25, 0.3) is 5.69 Å². The number of pyridine rings is 1. The van der Waals surface area contributed by atoms with Crippen LogP contribution in [0.15, 0.2) is 55.3 Å². The number of carbonyl (C=O) groups excluding carboxylic acids is 2. The molecule has 1 atom stereocenters. The van der Waals surface area contributed by atoms with Gasteiger partial charge in [0.2, 0.25) is 11.8 Å². The predicted octanol–water partition coefficient (Wildman–Crippen LogP) is 4.06. The van der Waals surface area contributed by atoms with E-state index in [0.29, 0.717) is 38.4 Å². The molecular weight excluding hydrogens is 492 g/mol. The maximum absolute atomic E-state index is 13.6. The molecule has 196 valence electrons. The van der Waals surface area contributed by atoms with Gasteiger partial charge in [-0.3, -0.25) is 9.59 Å². The van der Waals surface area contributed by atoms with Gasteiger partial charge < -0.3 is 14.5 Å². The van der Waals surface area contributed by atoms with Crippen molar-refractivity contribution in [2.24, 2.45) is 0 Å². The largest absolute Gasteiger partial charge is 0.417 e. The highest BCUT2D eigenvalue weighted by Gasteiger charge is 2.40. The van der Waals surface area contributed by atoms with Crippen LogP contribution in [0.3, 0.4) is 0 Å². The van der Waals surface area contributed by atoms with Gasteiger partial charge in [-0.15, -0.1) is 0 Å². The second-order valence-electron chi connectivity index (χ2n) is 9.85. The SMILES string of the molecule is C=CC(=O)N1CCc2nn(-c3ccc(C4CC4)cc3)c3c2C(C1)N(C(=O)c1ccc(OC(F)F)nc1)CC3. The van der Waals surface area contributed by atoms with Gasteiger partial charge in [0.1, 0.15) is 0 Å². The minimum absolute atomic E-state index is 0.201. The van der Waals surface area contributed by atoms with Crippen molar-refractivity contribution in [2.75, 3.05) is 19.6 Å². The summed E-state index contributed by atoms with van der Waals surface area (Å²) in [5.74, 6) is -0.0870. The molecule has 2 amide bonds. The van der Waals surface area contributed by atoms with Crippen LogP contribution in [-0.2, 0) is 17.6 Å². The Labute approximate surface area is 218 Å². The quantitative estimate of drug-likeness (QED) is 0.459. The Kier molecular flexibility index (Phi) is 6.17. The molecule has 1 unspecified atom stereocenters. The smallest absolute Gasteiger partial charge is 0.388 e. The number of nitrogens with zero attached hydrogens (tertiary/aromatic N) is 5. The molecule has 1 aliphatic carbocycles. The number of ether oxygens (including phenoxy) is 1. The van der Waals surface area contributed by atoms with Crippen molar-refractivity contribution in [2.45, 2.75) is 44.3 Å². The maximum atomic E-state index is 13.6. The minimum Gasteiger partial charge on any atom is -0.417 e. The second kappa shape index (κ2) is 9.66. The summed E-state index contributed by atoms with van der Waals surface area (Å²) >= 11 is 0. The monoisotopic (exact) mass is 519 g/mol. The third kappa shape index (κ3) is 4.44. The summed E-state index contributed by atoms with van der Waals surface area (Å²) in [6.07, 6.45) is 6.16. The van der Waals surface area contributed by atoms with E-state index >= 15 is 0 Å². The molecule has 0 radical (unpaired) electrons. The van der Waals surface area contributed by atoms with Crippen LogP contribution in [0.2, 0.25) is 0 Å². The lowest BCUT2D eigenvalue weighted by molar-refractivity contribution is -0.126. The van der Waals surface area contributed by atoms with Gasteiger partial charge >= 0.3 is 6.61 Å². The van der Waals surface area contributed by atoms with E-state index in [0.717, 1.165) is 22.6 Å². The first-order valence-corrected chi connectivity index (χ1v) is 12.8. The molecular formula is C28H27F2N5O3. The molecule has 8 nitrogen and oxygen atoms in total. The van der Waals surface area contributed by atoms with Crippen molar-refractivity contribution in [3.8, 4) is 11.6 Å². The molecule has 2 aliphatic heterocycles. The first kappa shape index (κ1) is 24.3. The van der Waals surface area contributed by atoms with Crippen LogP contribution in [0.4, 0.5) is 8.78 Å². The zero-order chi connectivity index (χ0) is 26.4. The van der Waals surface area contributed by atoms with E-state index in [1.165, 1.54) is 42.8 Å². The molecule has 2 aromatic heterocycles. The van der Waals surface area contributed by atoms with Gasteiger partial charge in [0.05, 0.1) is 28.7 Å². The average molecular weight is 520 g/mol. The lowest BCUT2D eigenvalue weighted by Gasteiger charge is -2.37. The van der Waals surface area contributed by atoms with Crippen LogP contribution in [0.1, 0.15) is 57.7 Å². The molecule has 0 saturated heterocycles. The van der Waals surface area contributed by atoms with Crippen molar-refractivity contribution >= 4 is 11.8 Å². The number of halogens is 2. The topological polar surface area (TPSA) is 80.6 Å². The van der Waals surface area contributed by atoms with Gasteiger partial charge in [0.15, 0.2) is 0 Å². The highest BCUT2D eigenvalue weighted by atomic mass is 19.3. The average Bonchev–Trinajstić information content (AvgIpc) is 3.73. The molecule has 0 N–H and O–H groups in total. The Hall–Kier alpha value is -4.08.